The fourth-order valence-electron chi connectivity index (χ4n) is 4.98. The molecule has 202 valence electrons. The van der Waals surface area contributed by atoms with E-state index in [2.05, 4.69) is 18.8 Å². The Labute approximate surface area is 227 Å². The molecule has 2 aromatic carbocycles. The van der Waals surface area contributed by atoms with Crippen molar-refractivity contribution >= 4 is 23.3 Å². The third-order valence-electron chi connectivity index (χ3n) is 6.97. The van der Waals surface area contributed by atoms with Crippen LogP contribution in [0, 0.1) is 5.92 Å². The molecule has 3 heterocycles. The molecule has 8 heteroatoms. The van der Waals surface area contributed by atoms with Crippen molar-refractivity contribution in [2.24, 2.45) is 5.92 Å². The number of nitrogens with zero attached hydrogens (tertiary/aromatic N) is 2. The number of benzene rings is 2. The van der Waals surface area contributed by atoms with Gasteiger partial charge in [-0.3, -0.25) is 14.5 Å². The van der Waals surface area contributed by atoms with E-state index in [1.807, 2.05) is 13.0 Å². The summed E-state index contributed by atoms with van der Waals surface area (Å²) in [7, 11) is 1.54. The van der Waals surface area contributed by atoms with Crippen molar-refractivity contribution in [1.29, 1.82) is 0 Å². The molecule has 2 unspecified atom stereocenters. The van der Waals surface area contributed by atoms with Crippen LogP contribution in [-0.2, 0) is 16.0 Å². The number of pyridine rings is 1. The summed E-state index contributed by atoms with van der Waals surface area (Å²) in [6.45, 7) is 6.75. The number of fused-ring (bicyclic) bond motifs is 1. The second-order valence-corrected chi connectivity index (χ2v) is 10.3. The molecule has 0 radical (unpaired) electrons. The minimum absolute atomic E-state index is 0.0203. The van der Waals surface area contributed by atoms with Gasteiger partial charge in [0.1, 0.15) is 23.4 Å². The number of ketones is 1. The monoisotopic (exact) mass is 528 g/mol. The molecular weight excluding hydrogens is 496 g/mol. The van der Waals surface area contributed by atoms with Gasteiger partial charge < -0.3 is 19.3 Å². The lowest BCUT2D eigenvalue weighted by atomic mass is 9.94. The van der Waals surface area contributed by atoms with E-state index >= 15 is 0 Å². The molecule has 39 heavy (non-hydrogen) atoms. The standard InChI is InChI=1S/C31H32N2O6/c1-18(2)12-14-38-24-11-8-20(17-25(24)37-4)28-27(30(35)31(36)33(28)26-7-5-6-13-32-26)29(34)21-9-10-23-22(16-21)15-19(3)39-23/h5-11,13,16-19,28,34H,12,14-15H2,1-4H3/b29-27+. The molecule has 2 aliphatic rings. The average molecular weight is 529 g/mol. The number of hydrogen-bond acceptors (Lipinski definition) is 7. The smallest absolute Gasteiger partial charge is 0.301 e. The van der Waals surface area contributed by atoms with E-state index in [1.165, 1.54) is 12.0 Å². The number of carbonyl (C=O) groups excluding carboxylic acids is 2. The predicted octanol–water partition coefficient (Wildman–Crippen LogP) is 5.46. The number of aliphatic hydroxyl groups is 1. The first-order chi connectivity index (χ1) is 18.8. The summed E-state index contributed by atoms with van der Waals surface area (Å²) in [5.41, 5.74) is 1.93. The topological polar surface area (TPSA) is 98.2 Å². The second kappa shape index (κ2) is 10.8. The third-order valence-corrected chi connectivity index (χ3v) is 6.97. The lowest BCUT2D eigenvalue weighted by molar-refractivity contribution is -0.132. The van der Waals surface area contributed by atoms with E-state index in [1.54, 1.807) is 54.7 Å². The normalized spacial score (nSPS) is 19.8. The van der Waals surface area contributed by atoms with Gasteiger partial charge in [-0.25, -0.2) is 4.98 Å². The number of hydrogen-bond donors (Lipinski definition) is 1. The largest absolute Gasteiger partial charge is 0.507 e. The highest BCUT2D eigenvalue weighted by molar-refractivity contribution is 6.51. The molecule has 1 aromatic heterocycles. The summed E-state index contributed by atoms with van der Waals surface area (Å²) in [5, 5.41) is 11.5. The number of aromatic nitrogens is 1. The molecule has 3 aromatic rings. The van der Waals surface area contributed by atoms with Crippen molar-refractivity contribution in [3.63, 3.8) is 0 Å². The molecule has 5 rings (SSSR count). The number of rotatable bonds is 8. The Morgan fingerprint density at radius 1 is 1.13 bits per heavy atom. The van der Waals surface area contributed by atoms with E-state index in [4.69, 9.17) is 14.2 Å². The van der Waals surface area contributed by atoms with E-state index in [0.29, 0.717) is 47.4 Å². The number of Topliss-reactive ketones (excluding diaryl/α,β-unsaturated/α-hetero) is 1. The van der Waals surface area contributed by atoms with Crippen molar-refractivity contribution < 1.29 is 28.9 Å². The second-order valence-electron chi connectivity index (χ2n) is 10.3. The van der Waals surface area contributed by atoms with Gasteiger partial charge in [0, 0.05) is 18.2 Å². The van der Waals surface area contributed by atoms with Crippen LogP contribution in [0.15, 0.2) is 66.4 Å². The highest BCUT2D eigenvalue weighted by atomic mass is 16.5. The Morgan fingerprint density at radius 2 is 1.95 bits per heavy atom. The average Bonchev–Trinajstić information content (AvgIpc) is 3.43. The van der Waals surface area contributed by atoms with Crippen molar-refractivity contribution in [2.75, 3.05) is 18.6 Å². The number of methoxy groups -OCH3 is 1. The van der Waals surface area contributed by atoms with E-state index in [0.717, 1.165) is 17.7 Å². The molecule has 2 atom stereocenters. The van der Waals surface area contributed by atoms with Crippen molar-refractivity contribution in [3.05, 3.63) is 83.1 Å². The van der Waals surface area contributed by atoms with Crippen LogP contribution in [0.1, 0.15) is 49.9 Å². The Morgan fingerprint density at radius 3 is 2.67 bits per heavy atom. The van der Waals surface area contributed by atoms with Crippen LogP contribution in [0.25, 0.3) is 5.76 Å². The van der Waals surface area contributed by atoms with Gasteiger partial charge in [0.05, 0.1) is 25.3 Å². The summed E-state index contributed by atoms with van der Waals surface area (Å²) < 4.78 is 17.4. The van der Waals surface area contributed by atoms with Gasteiger partial charge in [0.25, 0.3) is 5.78 Å². The quantitative estimate of drug-likeness (QED) is 0.235. The maximum absolute atomic E-state index is 13.5. The number of aliphatic hydroxyl groups excluding tert-OH is 1. The van der Waals surface area contributed by atoms with Gasteiger partial charge >= 0.3 is 5.91 Å². The van der Waals surface area contributed by atoms with Crippen LogP contribution in [-0.4, -0.2) is 41.6 Å². The van der Waals surface area contributed by atoms with Crippen LogP contribution in [0.3, 0.4) is 0 Å². The maximum Gasteiger partial charge on any atom is 0.301 e. The van der Waals surface area contributed by atoms with E-state index in [9.17, 15) is 14.7 Å². The van der Waals surface area contributed by atoms with Crippen LogP contribution >= 0.6 is 0 Å². The minimum Gasteiger partial charge on any atom is -0.507 e. The number of anilines is 1. The lowest BCUT2D eigenvalue weighted by Gasteiger charge is -2.25. The zero-order valence-electron chi connectivity index (χ0n) is 22.5. The first kappa shape index (κ1) is 26.3. The fourth-order valence-corrected chi connectivity index (χ4v) is 4.98. The molecule has 1 saturated heterocycles. The number of ether oxygens (including phenoxy) is 3. The zero-order valence-corrected chi connectivity index (χ0v) is 22.5. The van der Waals surface area contributed by atoms with Gasteiger partial charge in [-0.05, 0) is 72.9 Å². The Balaban J connectivity index is 1.62. The molecular formula is C31H32N2O6. The summed E-state index contributed by atoms with van der Waals surface area (Å²) in [5.74, 6) is 0.756. The molecule has 1 N–H and O–H groups in total. The van der Waals surface area contributed by atoms with Crippen molar-refractivity contribution in [2.45, 2.75) is 45.8 Å². The summed E-state index contributed by atoms with van der Waals surface area (Å²) in [6, 6.07) is 14.8. The molecule has 1 fully saturated rings. The van der Waals surface area contributed by atoms with Gasteiger partial charge in [-0.2, -0.15) is 0 Å². The van der Waals surface area contributed by atoms with Gasteiger partial charge in [-0.1, -0.05) is 26.0 Å². The minimum atomic E-state index is -0.929. The number of amides is 1. The lowest BCUT2D eigenvalue weighted by Crippen LogP contribution is -2.30. The highest BCUT2D eigenvalue weighted by Gasteiger charge is 2.47. The van der Waals surface area contributed by atoms with Gasteiger partial charge in [0.2, 0.25) is 0 Å². The summed E-state index contributed by atoms with van der Waals surface area (Å²) >= 11 is 0. The molecule has 8 nitrogen and oxygen atoms in total. The number of carbonyl (C=O) groups is 2. The highest BCUT2D eigenvalue weighted by Crippen LogP contribution is 2.44. The molecule has 2 aliphatic heterocycles. The third kappa shape index (κ3) is 5.06. The Bertz CT molecular complexity index is 1430. The van der Waals surface area contributed by atoms with Crippen molar-refractivity contribution in [1.82, 2.24) is 4.98 Å². The van der Waals surface area contributed by atoms with Crippen LogP contribution < -0.4 is 19.1 Å². The van der Waals surface area contributed by atoms with Crippen molar-refractivity contribution in [3.8, 4) is 17.2 Å². The Hall–Kier alpha value is -4.33. The predicted molar refractivity (Wildman–Crippen MR) is 147 cm³/mol. The Kier molecular flexibility index (Phi) is 7.28. The maximum atomic E-state index is 13.5. The fraction of sp³-hybridized carbons (Fsp3) is 0.323. The zero-order chi connectivity index (χ0) is 27.7. The molecule has 0 saturated carbocycles. The van der Waals surface area contributed by atoms with Crippen LogP contribution in [0.5, 0.6) is 17.2 Å². The summed E-state index contributed by atoms with van der Waals surface area (Å²) in [6.07, 6.45) is 3.16. The molecule has 0 bridgehead atoms. The summed E-state index contributed by atoms with van der Waals surface area (Å²) in [4.78, 5) is 32.5. The van der Waals surface area contributed by atoms with E-state index < -0.39 is 17.7 Å². The molecule has 0 aliphatic carbocycles. The van der Waals surface area contributed by atoms with Crippen LogP contribution in [0.2, 0.25) is 0 Å². The first-order valence-corrected chi connectivity index (χ1v) is 13.1. The van der Waals surface area contributed by atoms with Gasteiger partial charge in [-0.15, -0.1) is 0 Å². The first-order valence-electron chi connectivity index (χ1n) is 13.1. The molecule has 0 spiro atoms. The van der Waals surface area contributed by atoms with Crippen LogP contribution in [0.4, 0.5) is 5.82 Å². The molecule has 1 amide bonds. The van der Waals surface area contributed by atoms with Gasteiger partial charge in [0.15, 0.2) is 11.5 Å². The van der Waals surface area contributed by atoms with E-state index in [-0.39, 0.29) is 17.4 Å². The SMILES string of the molecule is COc1cc(C2/C(=C(\O)c3ccc4c(c3)CC(C)O4)C(=O)C(=O)N2c2ccccn2)ccc1OCCC(C)C.